The van der Waals surface area contributed by atoms with Crippen molar-refractivity contribution >= 4 is 28.3 Å². The van der Waals surface area contributed by atoms with Crippen LogP contribution in [-0.2, 0) is 0 Å². The number of fused-ring (bicyclic) bond motifs is 1. The first-order valence-electron chi connectivity index (χ1n) is 6.87. The van der Waals surface area contributed by atoms with E-state index < -0.39 is 0 Å². The average Bonchev–Trinajstić information content (AvgIpc) is 2.80. The van der Waals surface area contributed by atoms with Gasteiger partial charge in [0, 0.05) is 15.9 Å². The van der Waals surface area contributed by atoms with Gasteiger partial charge in [0.2, 0.25) is 0 Å². The molecule has 0 spiro atoms. The van der Waals surface area contributed by atoms with Gasteiger partial charge in [0.15, 0.2) is 5.78 Å². The fourth-order valence-electron chi connectivity index (χ4n) is 2.64. The second-order valence-corrected chi connectivity index (χ2v) is 5.86. The Hall–Kier alpha value is -2.06. The SMILES string of the molecule is CC(=O)c1c(-c2ccc(C)c(C)c2)[nH]c2ccc(Cl)cc12. The maximum Gasteiger partial charge on any atom is 0.162 e. The fourth-order valence-corrected chi connectivity index (χ4v) is 2.82. The molecule has 0 saturated carbocycles. The summed E-state index contributed by atoms with van der Waals surface area (Å²) in [7, 11) is 0. The summed E-state index contributed by atoms with van der Waals surface area (Å²) in [5.41, 5.74) is 5.97. The van der Waals surface area contributed by atoms with Crippen molar-refractivity contribution in [2.75, 3.05) is 0 Å². The Bertz CT molecular complexity index is 861. The van der Waals surface area contributed by atoms with Crippen molar-refractivity contribution in [1.82, 2.24) is 4.98 Å². The van der Waals surface area contributed by atoms with Crippen LogP contribution in [0.5, 0.6) is 0 Å². The van der Waals surface area contributed by atoms with Crippen LogP contribution in [-0.4, -0.2) is 10.8 Å². The number of rotatable bonds is 2. The van der Waals surface area contributed by atoms with E-state index in [1.165, 1.54) is 11.1 Å². The molecule has 1 N–H and O–H groups in total. The number of H-pyrrole nitrogens is 1. The summed E-state index contributed by atoms with van der Waals surface area (Å²) in [5, 5.41) is 1.51. The molecule has 2 aromatic carbocycles. The number of hydrogen-bond donors (Lipinski definition) is 1. The number of benzene rings is 2. The van der Waals surface area contributed by atoms with Crippen LogP contribution in [0.4, 0.5) is 0 Å². The van der Waals surface area contributed by atoms with E-state index in [1.807, 2.05) is 24.3 Å². The number of aromatic amines is 1. The highest BCUT2D eigenvalue weighted by Crippen LogP contribution is 2.33. The highest BCUT2D eigenvalue weighted by atomic mass is 35.5. The topological polar surface area (TPSA) is 32.9 Å². The lowest BCUT2D eigenvalue weighted by atomic mass is 9.99. The van der Waals surface area contributed by atoms with Gasteiger partial charge in [-0.2, -0.15) is 0 Å². The zero-order chi connectivity index (χ0) is 15.1. The normalized spacial score (nSPS) is 11.0. The molecule has 106 valence electrons. The molecule has 0 radical (unpaired) electrons. The molecule has 0 atom stereocenters. The third-order valence-corrected chi connectivity index (χ3v) is 4.14. The molecular weight excluding hydrogens is 282 g/mol. The Morgan fingerprint density at radius 2 is 1.81 bits per heavy atom. The van der Waals surface area contributed by atoms with Gasteiger partial charge in [-0.25, -0.2) is 0 Å². The first kappa shape index (κ1) is 13.9. The predicted molar refractivity (Wildman–Crippen MR) is 88.2 cm³/mol. The molecule has 0 amide bonds. The summed E-state index contributed by atoms with van der Waals surface area (Å²) < 4.78 is 0. The minimum Gasteiger partial charge on any atom is -0.354 e. The molecule has 2 nitrogen and oxygen atoms in total. The van der Waals surface area contributed by atoms with E-state index >= 15 is 0 Å². The number of aryl methyl sites for hydroxylation is 2. The maximum absolute atomic E-state index is 12.1. The van der Waals surface area contributed by atoms with Crippen LogP contribution < -0.4 is 0 Å². The molecule has 0 aliphatic rings. The maximum atomic E-state index is 12.1. The van der Waals surface area contributed by atoms with Crippen LogP contribution in [0.1, 0.15) is 28.4 Å². The van der Waals surface area contributed by atoms with Crippen molar-refractivity contribution in [1.29, 1.82) is 0 Å². The summed E-state index contributed by atoms with van der Waals surface area (Å²) in [6.45, 7) is 5.75. The first-order chi connectivity index (χ1) is 9.97. The summed E-state index contributed by atoms with van der Waals surface area (Å²) in [5.74, 6) is 0.0387. The van der Waals surface area contributed by atoms with Gasteiger partial charge in [-0.05, 0) is 61.7 Å². The molecule has 0 saturated heterocycles. The van der Waals surface area contributed by atoms with Crippen LogP contribution in [0.15, 0.2) is 36.4 Å². The van der Waals surface area contributed by atoms with Crippen LogP contribution in [0.2, 0.25) is 5.02 Å². The first-order valence-corrected chi connectivity index (χ1v) is 7.25. The summed E-state index contributed by atoms with van der Waals surface area (Å²) >= 11 is 6.07. The summed E-state index contributed by atoms with van der Waals surface area (Å²) in [6.07, 6.45) is 0. The minimum atomic E-state index is 0.0387. The van der Waals surface area contributed by atoms with Crippen LogP contribution in [0.25, 0.3) is 22.2 Å². The number of hydrogen-bond acceptors (Lipinski definition) is 1. The van der Waals surface area contributed by atoms with Gasteiger partial charge in [0.25, 0.3) is 0 Å². The number of nitrogens with one attached hydrogen (secondary N) is 1. The lowest BCUT2D eigenvalue weighted by Gasteiger charge is -2.05. The average molecular weight is 298 g/mol. The van der Waals surface area contributed by atoms with Crippen molar-refractivity contribution in [2.45, 2.75) is 20.8 Å². The van der Waals surface area contributed by atoms with E-state index in [1.54, 1.807) is 6.92 Å². The highest BCUT2D eigenvalue weighted by molar-refractivity contribution is 6.31. The number of carbonyl (C=O) groups excluding carboxylic acids is 1. The van der Waals surface area contributed by atoms with Crippen LogP contribution in [0, 0.1) is 13.8 Å². The monoisotopic (exact) mass is 297 g/mol. The van der Waals surface area contributed by atoms with Crippen molar-refractivity contribution in [2.24, 2.45) is 0 Å². The van der Waals surface area contributed by atoms with Crippen LogP contribution in [0.3, 0.4) is 0 Å². The van der Waals surface area contributed by atoms with E-state index in [0.29, 0.717) is 10.6 Å². The van der Waals surface area contributed by atoms with Crippen molar-refractivity contribution < 1.29 is 4.79 Å². The second-order valence-electron chi connectivity index (χ2n) is 5.42. The molecule has 21 heavy (non-hydrogen) atoms. The largest absolute Gasteiger partial charge is 0.354 e. The lowest BCUT2D eigenvalue weighted by molar-refractivity contribution is 0.102. The Kier molecular flexibility index (Phi) is 3.34. The minimum absolute atomic E-state index is 0.0387. The van der Waals surface area contributed by atoms with Crippen LogP contribution >= 0.6 is 11.6 Å². The molecule has 3 heteroatoms. The van der Waals surface area contributed by atoms with E-state index in [2.05, 4.69) is 31.0 Å². The third kappa shape index (κ3) is 2.36. The molecule has 0 unspecified atom stereocenters. The van der Waals surface area contributed by atoms with E-state index in [-0.39, 0.29) is 5.78 Å². The van der Waals surface area contributed by atoms with Gasteiger partial charge in [-0.1, -0.05) is 23.7 Å². The van der Waals surface area contributed by atoms with E-state index in [9.17, 15) is 4.79 Å². The molecule has 1 heterocycles. The number of Topliss-reactive ketones (excluding diaryl/α,β-unsaturated/α-hetero) is 1. The molecule has 0 bridgehead atoms. The zero-order valence-corrected chi connectivity index (χ0v) is 13.0. The second kappa shape index (κ2) is 5.05. The summed E-state index contributed by atoms with van der Waals surface area (Å²) in [6, 6.07) is 11.8. The smallest absolute Gasteiger partial charge is 0.162 e. The number of halogens is 1. The van der Waals surface area contributed by atoms with Gasteiger partial charge >= 0.3 is 0 Å². The zero-order valence-electron chi connectivity index (χ0n) is 12.3. The standard InChI is InChI=1S/C18H16ClNO/c1-10-4-5-13(8-11(10)2)18-17(12(3)21)15-9-14(19)6-7-16(15)20-18/h4-9,20H,1-3H3. The molecule has 3 rings (SSSR count). The van der Waals surface area contributed by atoms with Crippen molar-refractivity contribution in [3.05, 3.63) is 58.1 Å². The third-order valence-electron chi connectivity index (χ3n) is 3.91. The predicted octanol–water partition coefficient (Wildman–Crippen LogP) is 5.31. The van der Waals surface area contributed by atoms with Gasteiger partial charge in [0.1, 0.15) is 0 Å². The van der Waals surface area contributed by atoms with Gasteiger partial charge in [0.05, 0.1) is 11.3 Å². The molecule has 1 aromatic heterocycles. The van der Waals surface area contributed by atoms with E-state index in [4.69, 9.17) is 11.6 Å². The Morgan fingerprint density at radius 1 is 1.05 bits per heavy atom. The van der Waals surface area contributed by atoms with E-state index in [0.717, 1.165) is 22.2 Å². The van der Waals surface area contributed by atoms with Gasteiger partial charge < -0.3 is 4.98 Å². The van der Waals surface area contributed by atoms with Gasteiger partial charge in [-0.3, -0.25) is 4.79 Å². The fraction of sp³-hybridized carbons (Fsp3) is 0.167. The lowest BCUT2D eigenvalue weighted by Crippen LogP contribution is -1.94. The Balaban J connectivity index is 2.33. The number of aromatic nitrogens is 1. The molecule has 0 aliphatic carbocycles. The van der Waals surface area contributed by atoms with Gasteiger partial charge in [-0.15, -0.1) is 0 Å². The molecule has 0 fully saturated rings. The van der Waals surface area contributed by atoms with Crippen molar-refractivity contribution in [3.63, 3.8) is 0 Å². The molecule has 3 aromatic rings. The number of ketones is 1. The summed E-state index contributed by atoms with van der Waals surface area (Å²) in [4.78, 5) is 15.5. The number of carbonyl (C=O) groups is 1. The van der Waals surface area contributed by atoms with Crippen molar-refractivity contribution in [3.8, 4) is 11.3 Å². The highest BCUT2D eigenvalue weighted by Gasteiger charge is 2.17. The Morgan fingerprint density at radius 3 is 2.48 bits per heavy atom. The quantitative estimate of drug-likeness (QED) is 0.639. The molecule has 0 aliphatic heterocycles. The Labute approximate surface area is 128 Å². The molecular formula is C18H16ClNO.